The first-order valence-electron chi connectivity index (χ1n) is 6.97. The second-order valence-corrected chi connectivity index (χ2v) is 5.51. The molecule has 20 heavy (non-hydrogen) atoms. The Labute approximate surface area is 121 Å². The van der Waals surface area contributed by atoms with E-state index in [4.69, 9.17) is 4.74 Å². The number of rotatable bonds is 2. The van der Waals surface area contributed by atoms with E-state index in [9.17, 15) is 4.79 Å². The summed E-state index contributed by atoms with van der Waals surface area (Å²) in [5.74, 6) is 6.14. The van der Waals surface area contributed by atoms with Gasteiger partial charge >= 0.3 is 6.09 Å². The maximum absolute atomic E-state index is 11.8. The maximum atomic E-state index is 11.8. The molecular formula is C17H23NO2. The number of anilines is 1. The number of nitrogens with one attached hydrogen (secondary N) is 1. The fourth-order valence-corrected chi connectivity index (χ4v) is 1.69. The highest BCUT2D eigenvalue weighted by atomic mass is 16.6. The van der Waals surface area contributed by atoms with Gasteiger partial charge in [0.2, 0.25) is 0 Å². The lowest BCUT2D eigenvalue weighted by molar-refractivity contribution is 0.0636. The Morgan fingerprint density at radius 2 is 2.00 bits per heavy atom. The number of carbonyl (C=O) groups excluding carboxylic acids is 1. The number of ether oxygens (including phenoxy) is 1. The largest absolute Gasteiger partial charge is 0.444 e. The zero-order valence-electron chi connectivity index (χ0n) is 13.0. The van der Waals surface area contributed by atoms with Gasteiger partial charge in [-0.05, 0) is 51.0 Å². The molecule has 108 valence electrons. The van der Waals surface area contributed by atoms with E-state index in [0.29, 0.717) is 0 Å². The highest BCUT2D eigenvalue weighted by Crippen LogP contribution is 2.19. The molecule has 1 rings (SSSR count). The second kappa shape index (κ2) is 7.00. The molecular weight excluding hydrogens is 250 g/mol. The third kappa shape index (κ3) is 5.36. The van der Waals surface area contributed by atoms with Crippen LogP contribution < -0.4 is 5.32 Å². The molecule has 3 nitrogen and oxygen atoms in total. The summed E-state index contributed by atoms with van der Waals surface area (Å²) in [6.45, 7) is 9.60. The molecule has 1 N–H and O–H groups in total. The summed E-state index contributed by atoms with van der Waals surface area (Å²) in [7, 11) is 0. The smallest absolute Gasteiger partial charge is 0.412 e. The SMILES string of the molecule is CCC#Cc1ccc(NC(=O)OC(C)(C)C)c(CC)c1. The van der Waals surface area contributed by atoms with Crippen molar-refractivity contribution >= 4 is 11.8 Å². The minimum atomic E-state index is -0.497. The third-order valence-electron chi connectivity index (χ3n) is 2.53. The molecule has 1 amide bonds. The van der Waals surface area contributed by atoms with Crippen LogP contribution in [0, 0.1) is 11.8 Å². The van der Waals surface area contributed by atoms with Gasteiger partial charge in [-0.2, -0.15) is 0 Å². The highest BCUT2D eigenvalue weighted by molar-refractivity contribution is 5.86. The van der Waals surface area contributed by atoms with E-state index in [1.54, 1.807) is 0 Å². The van der Waals surface area contributed by atoms with Gasteiger partial charge < -0.3 is 4.74 Å². The standard InChI is InChI=1S/C17H23NO2/c1-6-8-9-13-10-11-15(14(7-2)12-13)18-16(19)20-17(3,4)5/h10-12H,6-7H2,1-5H3,(H,18,19). The van der Waals surface area contributed by atoms with Crippen molar-refractivity contribution in [2.75, 3.05) is 5.32 Å². The van der Waals surface area contributed by atoms with Gasteiger partial charge in [-0.25, -0.2) is 4.79 Å². The number of benzene rings is 1. The van der Waals surface area contributed by atoms with Crippen LogP contribution in [0.5, 0.6) is 0 Å². The van der Waals surface area contributed by atoms with Crippen LogP contribution in [0.25, 0.3) is 0 Å². The molecule has 0 aliphatic carbocycles. The Hall–Kier alpha value is -1.95. The summed E-state index contributed by atoms with van der Waals surface area (Å²) in [6, 6.07) is 5.80. The monoisotopic (exact) mass is 273 g/mol. The van der Waals surface area contributed by atoms with Crippen LogP contribution in [0.4, 0.5) is 10.5 Å². The average molecular weight is 273 g/mol. The Balaban J connectivity index is 2.88. The lowest BCUT2D eigenvalue weighted by Gasteiger charge is -2.20. The highest BCUT2D eigenvalue weighted by Gasteiger charge is 2.16. The average Bonchev–Trinajstić information content (AvgIpc) is 2.35. The molecule has 0 atom stereocenters. The van der Waals surface area contributed by atoms with Crippen LogP contribution in [0.2, 0.25) is 0 Å². The predicted molar refractivity (Wildman–Crippen MR) is 82.8 cm³/mol. The van der Waals surface area contributed by atoms with E-state index in [-0.39, 0.29) is 0 Å². The lowest BCUT2D eigenvalue weighted by Crippen LogP contribution is -2.27. The van der Waals surface area contributed by atoms with Gasteiger partial charge in [0.1, 0.15) is 5.60 Å². The lowest BCUT2D eigenvalue weighted by atomic mass is 10.1. The number of carbonyl (C=O) groups is 1. The van der Waals surface area contributed by atoms with Crippen LogP contribution >= 0.6 is 0 Å². The van der Waals surface area contributed by atoms with Gasteiger partial charge in [-0.15, -0.1) is 0 Å². The fourth-order valence-electron chi connectivity index (χ4n) is 1.69. The predicted octanol–water partition coefficient (Wildman–Crippen LogP) is 4.36. The normalized spacial score (nSPS) is 10.4. The van der Waals surface area contributed by atoms with Gasteiger partial charge in [0.15, 0.2) is 0 Å². The number of amides is 1. The molecule has 0 aliphatic rings. The van der Waals surface area contributed by atoms with Gasteiger partial charge in [0.05, 0.1) is 0 Å². The molecule has 0 radical (unpaired) electrons. The first-order valence-corrected chi connectivity index (χ1v) is 6.97. The molecule has 0 aliphatic heterocycles. The van der Waals surface area contributed by atoms with Gasteiger partial charge in [0.25, 0.3) is 0 Å². The molecule has 0 spiro atoms. The summed E-state index contributed by atoms with van der Waals surface area (Å²) in [4.78, 5) is 11.8. The third-order valence-corrected chi connectivity index (χ3v) is 2.53. The zero-order valence-corrected chi connectivity index (χ0v) is 13.0. The van der Waals surface area contributed by atoms with Crippen molar-refractivity contribution in [3.63, 3.8) is 0 Å². The maximum Gasteiger partial charge on any atom is 0.412 e. The molecule has 0 fully saturated rings. The second-order valence-electron chi connectivity index (χ2n) is 5.51. The molecule has 1 aromatic carbocycles. The number of hydrogen-bond donors (Lipinski definition) is 1. The van der Waals surface area contributed by atoms with Crippen LogP contribution in [-0.4, -0.2) is 11.7 Å². The summed E-state index contributed by atoms with van der Waals surface area (Å²) >= 11 is 0. The van der Waals surface area contributed by atoms with Crippen LogP contribution in [-0.2, 0) is 11.2 Å². The van der Waals surface area contributed by atoms with Crippen molar-refractivity contribution in [1.29, 1.82) is 0 Å². The van der Waals surface area contributed by atoms with Crippen LogP contribution in [0.1, 0.15) is 52.2 Å². The van der Waals surface area contributed by atoms with Crippen LogP contribution in [0.3, 0.4) is 0 Å². The van der Waals surface area contributed by atoms with Gasteiger partial charge in [0, 0.05) is 17.7 Å². The fraction of sp³-hybridized carbons (Fsp3) is 0.471. The number of hydrogen-bond acceptors (Lipinski definition) is 2. The van der Waals surface area contributed by atoms with Crippen molar-refractivity contribution in [2.24, 2.45) is 0 Å². The molecule has 3 heteroatoms. The van der Waals surface area contributed by atoms with E-state index in [1.807, 2.05) is 52.8 Å². The minimum absolute atomic E-state index is 0.431. The minimum Gasteiger partial charge on any atom is -0.444 e. The van der Waals surface area contributed by atoms with Crippen molar-refractivity contribution in [3.8, 4) is 11.8 Å². The van der Waals surface area contributed by atoms with Crippen molar-refractivity contribution in [2.45, 2.75) is 53.1 Å². The molecule has 0 heterocycles. The first-order chi connectivity index (χ1) is 9.35. The Morgan fingerprint density at radius 3 is 2.55 bits per heavy atom. The summed E-state index contributed by atoms with van der Waals surface area (Å²) in [5, 5.41) is 2.79. The molecule has 0 saturated carbocycles. The van der Waals surface area contributed by atoms with Gasteiger partial charge in [-0.1, -0.05) is 25.7 Å². The van der Waals surface area contributed by atoms with E-state index in [0.717, 1.165) is 29.7 Å². The van der Waals surface area contributed by atoms with Crippen LogP contribution in [0.15, 0.2) is 18.2 Å². The van der Waals surface area contributed by atoms with E-state index in [2.05, 4.69) is 17.2 Å². The summed E-state index contributed by atoms with van der Waals surface area (Å²) < 4.78 is 5.26. The quantitative estimate of drug-likeness (QED) is 0.813. The van der Waals surface area contributed by atoms with Crippen molar-refractivity contribution < 1.29 is 9.53 Å². The summed E-state index contributed by atoms with van der Waals surface area (Å²) in [5.41, 5.74) is 2.31. The Kier molecular flexibility index (Phi) is 5.64. The molecule has 1 aromatic rings. The number of aryl methyl sites for hydroxylation is 1. The zero-order chi connectivity index (χ0) is 15.2. The Morgan fingerprint density at radius 1 is 1.30 bits per heavy atom. The topological polar surface area (TPSA) is 38.3 Å². The summed E-state index contributed by atoms with van der Waals surface area (Å²) in [6.07, 6.45) is 1.23. The molecule has 0 bridgehead atoms. The molecule has 0 aromatic heterocycles. The molecule has 0 saturated heterocycles. The van der Waals surface area contributed by atoms with Crippen molar-refractivity contribution in [1.82, 2.24) is 0 Å². The van der Waals surface area contributed by atoms with E-state index >= 15 is 0 Å². The van der Waals surface area contributed by atoms with E-state index in [1.165, 1.54) is 0 Å². The van der Waals surface area contributed by atoms with Gasteiger partial charge in [-0.3, -0.25) is 5.32 Å². The first kappa shape index (κ1) is 16.1. The van der Waals surface area contributed by atoms with Crippen molar-refractivity contribution in [3.05, 3.63) is 29.3 Å². The molecule has 0 unspecified atom stereocenters. The van der Waals surface area contributed by atoms with E-state index < -0.39 is 11.7 Å². The Bertz CT molecular complexity index is 530.